The van der Waals surface area contributed by atoms with Crippen molar-refractivity contribution in [2.24, 2.45) is 5.92 Å². The van der Waals surface area contributed by atoms with E-state index >= 15 is 0 Å². The Hall–Kier alpha value is -2.36. The summed E-state index contributed by atoms with van der Waals surface area (Å²) < 4.78 is 0. The Kier molecular flexibility index (Phi) is 5.47. The molecule has 0 saturated carbocycles. The lowest BCUT2D eigenvalue weighted by atomic mass is 10.1. The van der Waals surface area contributed by atoms with E-state index in [9.17, 15) is 4.79 Å². The fraction of sp³-hybridized carbons (Fsp3) is 0.400. The summed E-state index contributed by atoms with van der Waals surface area (Å²) in [6.07, 6.45) is 6.06. The molecule has 1 aliphatic rings. The predicted molar refractivity (Wildman–Crippen MR) is 97.0 cm³/mol. The number of carbonyl (C=O) groups is 1. The number of carbonyl (C=O) groups excluding carboxylic acids is 1. The Balaban J connectivity index is 1.45. The average Bonchev–Trinajstić information content (AvgIpc) is 3.10. The predicted octanol–water partition coefficient (Wildman–Crippen LogP) is 3.00. The number of anilines is 1. The van der Waals surface area contributed by atoms with Crippen molar-refractivity contribution in [3.05, 3.63) is 60.4 Å². The zero-order valence-electron chi connectivity index (χ0n) is 14.3. The Morgan fingerprint density at radius 2 is 2.08 bits per heavy atom. The SMILES string of the molecule is CN(CC1CCN(c2ccccc2)C1)C(=O)CCc1cccnc1. The van der Waals surface area contributed by atoms with E-state index in [2.05, 4.69) is 34.1 Å². The van der Waals surface area contributed by atoms with Crippen molar-refractivity contribution in [3.8, 4) is 0 Å². The molecule has 1 fully saturated rings. The fourth-order valence-electron chi connectivity index (χ4n) is 3.33. The van der Waals surface area contributed by atoms with Gasteiger partial charge in [-0.3, -0.25) is 9.78 Å². The summed E-state index contributed by atoms with van der Waals surface area (Å²) in [5.74, 6) is 0.773. The zero-order chi connectivity index (χ0) is 16.8. The van der Waals surface area contributed by atoms with E-state index in [1.165, 1.54) is 5.69 Å². The summed E-state index contributed by atoms with van der Waals surface area (Å²) in [5.41, 5.74) is 2.40. The molecule has 1 aromatic heterocycles. The first-order chi connectivity index (χ1) is 11.7. The van der Waals surface area contributed by atoms with Gasteiger partial charge in [0.15, 0.2) is 0 Å². The van der Waals surface area contributed by atoms with Gasteiger partial charge in [0.25, 0.3) is 0 Å². The Morgan fingerprint density at radius 1 is 1.25 bits per heavy atom. The number of nitrogens with zero attached hydrogens (tertiary/aromatic N) is 3. The maximum absolute atomic E-state index is 12.3. The molecule has 2 heterocycles. The monoisotopic (exact) mass is 323 g/mol. The molecule has 0 spiro atoms. The number of benzene rings is 1. The lowest BCUT2D eigenvalue weighted by molar-refractivity contribution is -0.130. The lowest BCUT2D eigenvalue weighted by Gasteiger charge is -2.22. The average molecular weight is 323 g/mol. The van der Waals surface area contributed by atoms with E-state index < -0.39 is 0 Å². The van der Waals surface area contributed by atoms with Crippen LogP contribution in [0.5, 0.6) is 0 Å². The summed E-state index contributed by atoms with van der Waals surface area (Å²) in [6.45, 7) is 2.95. The Morgan fingerprint density at radius 3 is 2.83 bits per heavy atom. The van der Waals surface area contributed by atoms with Crippen LogP contribution in [0, 0.1) is 5.92 Å². The molecule has 0 bridgehead atoms. The van der Waals surface area contributed by atoms with Crippen LogP contribution < -0.4 is 4.90 Å². The van der Waals surface area contributed by atoms with Gasteiger partial charge in [-0.1, -0.05) is 24.3 Å². The second-order valence-electron chi connectivity index (χ2n) is 6.57. The number of aromatic nitrogens is 1. The number of aryl methyl sites for hydroxylation is 1. The topological polar surface area (TPSA) is 36.4 Å². The quantitative estimate of drug-likeness (QED) is 0.820. The van der Waals surface area contributed by atoms with E-state index in [1.807, 2.05) is 36.3 Å². The first-order valence-electron chi connectivity index (χ1n) is 8.65. The first kappa shape index (κ1) is 16.5. The highest BCUT2D eigenvalue weighted by Gasteiger charge is 2.24. The maximum Gasteiger partial charge on any atom is 0.222 e. The molecule has 1 atom stereocenters. The van der Waals surface area contributed by atoms with Crippen LogP contribution in [0.2, 0.25) is 0 Å². The number of rotatable bonds is 6. The minimum absolute atomic E-state index is 0.219. The second-order valence-corrected chi connectivity index (χ2v) is 6.57. The highest BCUT2D eigenvalue weighted by Crippen LogP contribution is 2.24. The summed E-state index contributed by atoms with van der Waals surface area (Å²) >= 11 is 0. The van der Waals surface area contributed by atoms with Crippen LogP contribution >= 0.6 is 0 Å². The van der Waals surface area contributed by atoms with Crippen LogP contribution in [0.4, 0.5) is 5.69 Å². The minimum Gasteiger partial charge on any atom is -0.371 e. The van der Waals surface area contributed by atoms with Gasteiger partial charge in [0, 0.05) is 51.2 Å². The van der Waals surface area contributed by atoms with E-state index in [0.29, 0.717) is 12.3 Å². The van der Waals surface area contributed by atoms with Crippen LogP contribution in [-0.2, 0) is 11.2 Å². The molecule has 4 heteroatoms. The number of pyridine rings is 1. The van der Waals surface area contributed by atoms with Crippen LogP contribution in [-0.4, -0.2) is 42.5 Å². The summed E-state index contributed by atoms with van der Waals surface area (Å²) in [5, 5.41) is 0. The van der Waals surface area contributed by atoms with Crippen LogP contribution in [0.25, 0.3) is 0 Å². The molecule has 126 valence electrons. The number of hydrogen-bond donors (Lipinski definition) is 0. The van der Waals surface area contributed by atoms with Gasteiger partial charge in [-0.25, -0.2) is 0 Å². The van der Waals surface area contributed by atoms with Gasteiger partial charge in [0.1, 0.15) is 0 Å². The lowest BCUT2D eigenvalue weighted by Crippen LogP contribution is -2.33. The molecule has 1 unspecified atom stereocenters. The molecule has 1 amide bonds. The van der Waals surface area contributed by atoms with Crippen molar-refractivity contribution < 1.29 is 4.79 Å². The second kappa shape index (κ2) is 7.95. The summed E-state index contributed by atoms with van der Waals surface area (Å²) in [7, 11) is 1.93. The third kappa shape index (κ3) is 4.34. The Labute approximate surface area is 144 Å². The molecule has 1 aromatic carbocycles. The number of amides is 1. The van der Waals surface area contributed by atoms with Gasteiger partial charge < -0.3 is 9.80 Å². The molecule has 0 aliphatic carbocycles. The largest absolute Gasteiger partial charge is 0.371 e. The fourth-order valence-corrected chi connectivity index (χ4v) is 3.33. The van der Waals surface area contributed by atoms with Gasteiger partial charge >= 0.3 is 0 Å². The van der Waals surface area contributed by atoms with Gasteiger partial charge in [-0.05, 0) is 42.5 Å². The van der Waals surface area contributed by atoms with Crippen molar-refractivity contribution in [1.82, 2.24) is 9.88 Å². The van der Waals surface area contributed by atoms with Gasteiger partial charge in [-0.2, -0.15) is 0 Å². The molecule has 0 N–H and O–H groups in total. The van der Waals surface area contributed by atoms with Crippen LogP contribution in [0.1, 0.15) is 18.4 Å². The van der Waals surface area contributed by atoms with Gasteiger partial charge in [0.2, 0.25) is 5.91 Å². The van der Waals surface area contributed by atoms with Crippen LogP contribution in [0.15, 0.2) is 54.9 Å². The third-order valence-corrected chi connectivity index (χ3v) is 4.72. The van der Waals surface area contributed by atoms with E-state index in [0.717, 1.165) is 38.0 Å². The molecule has 0 radical (unpaired) electrons. The van der Waals surface area contributed by atoms with Gasteiger partial charge in [-0.15, -0.1) is 0 Å². The third-order valence-electron chi connectivity index (χ3n) is 4.72. The highest BCUT2D eigenvalue weighted by atomic mass is 16.2. The Bertz CT molecular complexity index is 644. The van der Waals surface area contributed by atoms with Crippen molar-refractivity contribution in [1.29, 1.82) is 0 Å². The maximum atomic E-state index is 12.3. The van der Waals surface area contributed by atoms with E-state index in [1.54, 1.807) is 6.20 Å². The standard InChI is InChI=1S/C20H25N3O/c1-22(20(24)10-9-17-6-5-12-21-14-17)15-18-11-13-23(16-18)19-7-3-2-4-8-19/h2-8,12,14,18H,9-11,13,15-16H2,1H3. The zero-order valence-corrected chi connectivity index (χ0v) is 14.3. The molecular weight excluding hydrogens is 298 g/mol. The smallest absolute Gasteiger partial charge is 0.222 e. The summed E-state index contributed by atoms with van der Waals surface area (Å²) in [4.78, 5) is 20.8. The van der Waals surface area contributed by atoms with Crippen molar-refractivity contribution in [2.75, 3.05) is 31.6 Å². The van der Waals surface area contributed by atoms with Crippen molar-refractivity contribution in [3.63, 3.8) is 0 Å². The number of para-hydroxylation sites is 1. The molecule has 1 aliphatic heterocycles. The molecule has 1 saturated heterocycles. The molecule has 2 aromatic rings. The molecular formula is C20H25N3O. The molecule has 3 rings (SSSR count). The summed E-state index contributed by atoms with van der Waals surface area (Å²) in [6, 6.07) is 14.5. The van der Waals surface area contributed by atoms with Crippen molar-refractivity contribution in [2.45, 2.75) is 19.3 Å². The minimum atomic E-state index is 0.219. The number of hydrogen-bond acceptors (Lipinski definition) is 3. The molecule has 4 nitrogen and oxygen atoms in total. The normalized spacial score (nSPS) is 17.0. The van der Waals surface area contributed by atoms with Crippen molar-refractivity contribution >= 4 is 11.6 Å². The van der Waals surface area contributed by atoms with Crippen LogP contribution in [0.3, 0.4) is 0 Å². The first-order valence-corrected chi connectivity index (χ1v) is 8.65. The van der Waals surface area contributed by atoms with E-state index in [-0.39, 0.29) is 5.91 Å². The van der Waals surface area contributed by atoms with E-state index in [4.69, 9.17) is 0 Å². The van der Waals surface area contributed by atoms with Gasteiger partial charge in [0.05, 0.1) is 0 Å². The highest BCUT2D eigenvalue weighted by molar-refractivity contribution is 5.76. The molecule has 24 heavy (non-hydrogen) atoms.